The molecule has 0 saturated carbocycles. The normalized spacial score (nSPS) is 12.9. The molecule has 0 spiro atoms. The van der Waals surface area contributed by atoms with Crippen molar-refractivity contribution in [2.24, 2.45) is 0 Å². The maximum absolute atomic E-state index is 12.9. The third-order valence-electron chi connectivity index (χ3n) is 1.92. The van der Waals surface area contributed by atoms with Gasteiger partial charge < -0.3 is 10.4 Å². The molecule has 2 N–H and O–H groups in total. The summed E-state index contributed by atoms with van der Waals surface area (Å²) in [7, 11) is 0. The van der Waals surface area contributed by atoms with Gasteiger partial charge in [-0.15, -0.1) is 0 Å². The summed E-state index contributed by atoms with van der Waals surface area (Å²) in [6, 6.07) is 4.57. The van der Waals surface area contributed by atoms with E-state index in [2.05, 4.69) is 21.2 Å². The van der Waals surface area contributed by atoms with Crippen LogP contribution in [0.2, 0.25) is 0 Å². The molecule has 0 heterocycles. The third-order valence-corrected chi connectivity index (χ3v) is 2.70. The van der Waals surface area contributed by atoms with Crippen LogP contribution < -0.4 is 5.32 Å². The minimum absolute atomic E-state index is 0.0187. The first-order chi connectivity index (χ1) is 6.63. The van der Waals surface area contributed by atoms with Gasteiger partial charge in [-0.1, -0.05) is 15.9 Å². The van der Waals surface area contributed by atoms with Gasteiger partial charge in [-0.2, -0.15) is 0 Å². The van der Waals surface area contributed by atoms with Gasteiger partial charge in [-0.3, -0.25) is 0 Å². The summed E-state index contributed by atoms with van der Waals surface area (Å²) in [5, 5.41) is 11.9. The zero-order valence-electron chi connectivity index (χ0n) is 7.93. The number of benzene rings is 1. The molecule has 0 fully saturated rings. The molecule has 0 aliphatic heterocycles. The number of halogens is 2. The molecule has 1 aromatic carbocycles. The van der Waals surface area contributed by atoms with Crippen molar-refractivity contribution in [3.8, 4) is 0 Å². The van der Waals surface area contributed by atoms with Crippen LogP contribution in [0.1, 0.15) is 12.5 Å². The summed E-state index contributed by atoms with van der Waals surface area (Å²) in [4.78, 5) is 0. The molecule has 0 saturated heterocycles. The Morgan fingerprint density at radius 3 is 2.93 bits per heavy atom. The molecule has 2 nitrogen and oxygen atoms in total. The maximum Gasteiger partial charge on any atom is 0.123 e. The summed E-state index contributed by atoms with van der Waals surface area (Å²) in [6.07, 6.45) is 0. The Morgan fingerprint density at radius 2 is 2.29 bits per heavy atom. The van der Waals surface area contributed by atoms with Crippen LogP contribution in [0.3, 0.4) is 0 Å². The van der Waals surface area contributed by atoms with Crippen LogP contribution in [0.15, 0.2) is 22.7 Å². The fourth-order valence-electron chi connectivity index (χ4n) is 1.03. The van der Waals surface area contributed by atoms with E-state index in [4.69, 9.17) is 5.11 Å². The number of nitrogens with one attached hydrogen (secondary N) is 1. The van der Waals surface area contributed by atoms with E-state index >= 15 is 0 Å². The van der Waals surface area contributed by atoms with Crippen LogP contribution in [0.5, 0.6) is 0 Å². The van der Waals surface area contributed by atoms with Crippen LogP contribution in [0.4, 0.5) is 4.39 Å². The lowest BCUT2D eigenvalue weighted by molar-refractivity contribution is 0.251. The van der Waals surface area contributed by atoms with Crippen molar-refractivity contribution >= 4 is 15.9 Å². The highest BCUT2D eigenvalue weighted by Gasteiger charge is 2.03. The SMILES string of the molecule is C[C@@H](CO)NCc1cc(F)ccc1Br. The number of aliphatic hydroxyl groups is 1. The van der Waals surface area contributed by atoms with E-state index in [0.717, 1.165) is 10.0 Å². The highest BCUT2D eigenvalue weighted by molar-refractivity contribution is 9.10. The minimum Gasteiger partial charge on any atom is -0.395 e. The van der Waals surface area contributed by atoms with E-state index in [0.29, 0.717) is 6.54 Å². The van der Waals surface area contributed by atoms with Gasteiger partial charge in [0.25, 0.3) is 0 Å². The van der Waals surface area contributed by atoms with E-state index < -0.39 is 0 Å². The molecule has 0 aliphatic carbocycles. The van der Waals surface area contributed by atoms with Gasteiger partial charge in [0.05, 0.1) is 6.61 Å². The highest BCUT2D eigenvalue weighted by Crippen LogP contribution is 2.17. The smallest absolute Gasteiger partial charge is 0.123 e. The van der Waals surface area contributed by atoms with Gasteiger partial charge in [0.2, 0.25) is 0 Å². The molecular weight excluding hydrogens is 249 g/mol. The summed E-state index contributed by atoms with van der Waals surface area (Å²) in [5.74, 6) is -0.248. The van der Waals surface area contributed by atoms with Crippen molar-refractivity contribution in [3.05, 3.63) is 34.1 Å². The minimum atomic E-state index is -0.248. The monoisotopic (exact) mass is 261 g/mol. The Bertz CT molecular complexity index is 306. The van der Waals surface area contributed by atoms with Crippen molar-refractivity contribution < 1.29 is 9.50 Å². The lowest BCUT2D eigenvalue weighted by atomic mass is 10.2. The standard InChI is InChI=1S/C10H13BrFNO/c1-7(6-14)13-5-8-4-9(12)2-3-10(8)11/h2-4,7,13-14H,5-6H2,1H3/t7-/m0/s1. The molecule has 1 aromatic rings. The van der Waals surface area contributed by atoms with Gasteiger partial charge in [-0.25, -0.2) is 4.39 Å². The predicted octanol–water partition coefficient (Wildman–Crippen LogP) is 2.06. The Morgan fingerprint density at radius 1 is 1.57 bits per heavy atom. The molecule has 0 unspecified atom stereocenters. The molecule has 4 heteroatoms. The third kappa shape index (κ3) is 3.36. The van der Waals surface area contributed by atoms with Crippen LogP contribution in [-0.4, -0.2) is 17.8 Å². The first-order valence-corrected chi connectivity index (χ1v) is 5.21. The Kier molecular flexibility index (Phi) is 4.51. The van der Waals surface area contributed by atoms with Gasteiger partial charge in [0, 0.05) is 17.1 Å². The molecule has 0 aromatic heterocycles. The van der Waals surface area contributed by atoms with E-state index in [9.17, 15) is 4.39 Å². The molecule has 0 bridgehead atoms. The average Bonchev–Trinajstić information content (AvgIpc) is 2.19. The van der Waals surface area contributed by atoms with Crippen LogP contribution in [0, 0.1) is 5.82 Å². The largest absolute Gasteiger partial charge is 0.395 e. The Labute approximate surface area is 91.3 Å². The van der Waals surface area contributed by atoms with Crippen molar-refractivity contribution in [2.75, 3.05) is 6.61 Å². The molecule has 0 radical (unpaired) electrons. The van der Waals surface area contributed by atoms with Crippen molar-refractivity contribution in [2.45, 2.75) is 19.5 Å². The van der Waals surface area contributed by atoms with Gasteiger partial charge in [0.1, 0.15) is 5.82 Å². The number of aliphatic hydroxyl groups excluding tert-OH is 1. The van der Waals surface area contributed by atoms with Crippen LogP contribution in [0.25, 0.3) is 0 Å². The summed E-state index contributed by atoms with van der Waals surface area (Å²) >= 11 is 3.33. The molecule has 1 rings (SSSR count). The topological polar surface area (TPSA) is 32.3 Å². The number of hydrogen-bond donors (Lipinski definition) is 2. The zero-order chi connectivity index (χ0) is 10.6. The quantitative estimate of drug-likeness (QED) is 0.870. The first kappa shape index (κ1) is 11.6. The van der Waals surface area contributed by atoms with Gasteiger partial charge in [-0.05, 0) is 30.7 Å². The first-order valence-electron chi connectivity index (χ1n) is 4.41. The molecule has 1 atom stereocenters. The van der Waals surface area contributed by atoms with E-state index in [-0.39, 0.29) is 18.5 Å². The Hall–Kier alpha value is -0.450. The molecular formula is C10H13BrFNO. The lowest BCUT2D eigenvalue weighted by Gasteiger charge is -2.11. The second-order valence-electron chi connectivity index (χ2n) is 3.20. The predicted molar refractivity (Wildman–Crippen MR) is 57.5 cm³/mol. The van der Waals surface area contributed by atoms with E-state index in [1.54, 1.807) is 6.07 Å². The second-order valence-corrected chi connectivity index (χ2v) is 4.05. The van der Waals surface area contributed by atoms with Crippen molar-refractivity contribution in [3.63, 3.8) is 0 Å². The van der Waals surface area contributed by atoms with Gasteiger partial charge >= 0.3 is 0 Å². The van der Waals surface area contributed by atoms with Crippen LogP contribution in [-0.2, 0) is 6.54 Å². The second kappa shape index (κ2) is 5.44. The molecule has 0 aliphatic rings. The van der Waals surface area contributed by atoms with E-state index in [1.807, 2.05) is 6.92 Å². The maximum atomic E-state index is 12.9. The fraction of sp³-hybridized carbons (Fsp3) is 0.400. The van der Waals surface area contributed by atoms with Crippen molar-refractivity contribution in [1.29, 1.82) is 0 Å². The fourth-order valence-corrected chi connectivity index (χ4v) is 1.41. The Balaban J connectivity index is 2.62. The lowest BCUT2D eigenvalue weighted by Crippen LogP contribution is -2.28. The number of hydrogen-bond acceptors (Lipinski definition) is 2. The molecule has 78 valence electrons. The summed E-state index contributed by atoms with van der Waals surface area (Å²) in [6.45, 7) is 2.49. The van der Waals surface area contributed by atoms with Gasteiger partial charge in [0.15, 0.2) is 0 Å². The molecule has 0 amide bonds. The average molecular weight is 262 g/mol. The van der Waals surface area contributed by atoms with E-state index in [1.165, 1.54) is 12.1 Å². The zero-order valence-corrected chi connectivity index (χ0v) is 9.51. The van der Waals surface area contributed by atoms with Crippen LogP contribution >= 0.6 is 15.9 Å². The van der Waals surface area contributed by atoms with Crippen molar-refractivity contribution in [1.82, 2.24) is 5.32 Å². The molecule has 14 heavy (non-hydrogen) atoms. The highest BCUT2D eigenvalue weighted by atomic mass is 79.9. The summed E-state index contributed by atoms with van der Waals surface area (Å²) in [5.41, 5.74) is 0.852. The summed E-state index contributed by atoms with van der Waals surface area (Å²) < 4.78 is 13.7. The number of rotatable bonds is 4.